The first kappa shape index (κ1) is 13.1. The van der Waals surface area contributed by atoms with Crippen LogP contribution >= 0.6 is 0 Å². The molecule has 0 bridgehead atoms. The maximum atomic E-state index is 12.3. The molecule has 1 heterocycles. The standard InChI is InChI=1S/C16H19N3O/c1-2-19-10-11(9-18-19)6-16(20)13-5-3-4-12(7-13)14-8-15(14)17/h3-5,7,9-10,14-15H,2,6,8,17H2,1H3. The summed E-state index contributed by atoms with van der Waals surface area (Å²) < 4.78 is 1.84. The maximum absolute atomic E-state index is 12.3. The monoisotopic (exact) mass is 269 g/mol. The lowest BCUT2D eigenvalue weighted by Crippen LogP contribution is -2.05. The second-order valence-corrected chi connectivity index (χ2v) is 5.44. The third-order valence-electron chi connectivity index (χ3n) is 3.85. The summed E-state index contributed by atoms with van der Waals surface area (Å²) >= 11 is 0. The fraction of sp³-hybridized carbons (Fsp3) is 0.375. The number of nitrogens with two attached hydrogens (primary N) is 1. The Bertz CT molecular complexity index is 632. The summed E-state index contributed by atoms with van der Waals surface area (Å²) in [4.78, 5) is 12.3. The average molecular weight is 269 g/mol. The third kappa shape index (κ3) is 2.65. The highest BCUT2D eigenvalue weighted by atomic mass is 16.1. The molecule has 0 aliphatic heterocycles. The largest absolute Gasteiger partial charge is 0.327 e. The first-order valence-corrected chi connectivity index (χ1v) is 7.07. The maximum Gasteiger partial charge on any atom is 0.167 e. The molecule has 0 amide bonds. The summed E-state index contributed by atoms with van der Waals surface area (Å²) in [6.07, 6.45) is 5.13. The lowest BCUT2D eigenvalue weighted by Gasteiger charge is -2.03. The number of aromatic nitrogens is 2. The molecule has 20 heavy (non-hydrogen) atoms. The van der Waals surface area contributed by atoms with Gasteiger partial charge in [0.05, 0.1) is 6.20 Å². The molecular weight excluding hydrogens is 250 g/mol. The lowest BCUT2D eigenvalue weighted by atomic mass is 10.0. The van der Waals surface area contributed by atoms with Crippen LogP contribution in [-0.4, -0.2) is 21.6 Å². The van der Waals surface area contributed by atoms with Crippen molar-refractivity contribution in [3.63, 3.8) is 0 Å². The number of Topliss-reactive ketones (excluding diaryl/α,β-unsaturated/α-hetero) is 1. The molecular formula is C16H19N3O. The average Bonchev–Trinajstić information content (AvgIpc) is 3.02. The van der Waals surface area contributed by atoms with Crippen LogP contribution in [0.5, 0.6) is 0 Å². The van der Waals surface area contributed by atoms with Crippen molar-refractivity contribution in [3.8, 4) is 0 Å². The van der Waals surface area contributed by atoms with Gasteiger partial charge in [0.2, 0.25) is 0 Å². The van der Waals surface area contributed by atoms with E-state index in [4.69, 9.17) is 5.73 Å². The summed E-state index contributed by atoms with van der Waals surface area (Å²) in [5.74, 6) is 0.572. The number of hydrogen-bond acceptors (Lipinski definition) is 3. The van der Waals surface area contributed by atoms with E-state index in [0.717, 1.165) is 24.1 Å². The van der Waals surface area contributed by atoms with Gasteiger partial charge in [-0.25, -0.2) is 0 Å². The lowest BCUT2D eigenvalue weighted by molar-refractivity contribution is 0.0993. The molecule has 1 aromatic heterocycles. The Morgan fingerprint density at radius 2 is 2.30 bits per heavy atom. The van der Waals surface area contributed by atoms with E-state index in [2.05, 4.69) is 11.2 Å². The molecule has 0 radical (unpaired) electrons. The van der Waals surface area contributed by atoms with Crippen LogP contribution in [0.15, 0.2) is 36.7 Å². The summed E-state index contributed by atoms with van der Waals surface area (Å²) in [7, 11) is 0. The molecule has 104 valence electrons. The predicted molar refractivity (Wildman–Crippen MR) is 77.7 cm³/mol. The minimum absolute atomic E-state index is 0.136. The van der Waals surface area contributed by atoms with Gasteiger partial charge in [-0.3, -0.25) is 9.48 Å². The molecule has 1 aliphatic rings. The number of nitrogens with zero attached hydrogens (tertiary/aromatic N) is 2. The molecule has 2 N–H and O–H groups in total. The van der Waals surface area contributed by atoms with E-state index >= 15 is 0 Å². The van der Waals surface area contributed by atoms with Crippen molar-refractivity contribution in [2.24, 2.45) is 5.73 Å². The second-order valence-electron chi connectivity index (χ2n) is 5.44. The number of benzene rings is 1. The Labute approximate surface area is 118 Å². The van der Waals surface area contributed by atoms with E-state index in [1.54, 1.807) is 6.20 Å². The Balaban J connectivity index is 1.73. The highest BCUT2D eigenvalue weighted by molar-refractivity contribution is 5.97. The van der Waals surface area contributed by atoms with Gasteiger partial charge in [0.15, 0.2) is 5.78 Å². The van der Waals surface area contributed by atoms with Gasteiger partial charge in [-0.05, 0) is 30.5 Å². The fourth-order valence-corrected chi connectivity index (χ4v) is 2.50. The molecule has 1 fully saturated rings. The van der Waals surface area contributed by atoms with Crippen LogP contribution in [0.25, 0.3) is 0 Å². The molecule has 4 nitrogen and oxygen atoms in total. The molecule has 1 aromatic carbocycles. The van der Waals surface area contributed by atoms with Crippen molar-refractivity contribution in [3.05, 3.63) is 53.3 Å². The van der Waals surface area contributed by atoms with E-state index in [1.807, 2.05) is 36.0 Å². The zero-order chi connectivity index (χ0) is 14.1. The van der Waals surface area contributed by atoms with Gasteiger partial charge in [0, 0.05) is 36.7 Å². The Morgan fingerprint density at radius 3 is 2.95 bits per heavy atom. The molecule has 0 spiro atoms. The van der Waals surface area contributed by atoms with E-state index in [0.29, 0.717) is 12.3 Å². The van der Waals surface area contributed by atoms with E-state index in [9.17, 15) is 4.79 Å². The van der Waals surface area contributed by atoms with Crippen LogP contribution < -0.4 is 5.73 Å². The van der Waals surface area contributed by atoms with Crippen molar-refractivity contribution >= 4 is 5.78 Å². The summed E-state index contributed by atoms with van der Waals surface area (Å²) in [5, 5.41) is 4.20. The summed E-state index contributed by atoms with van der Waals surface area (Å²) in [6, 6.07) is 8.14. The molecule has 2 unspecified atom stereocenters. The molecule has 3 rings (SSSR count). The van der Waals surface area contributed by atoms with Gasteiger partial charge < -0.3 is 5.73 Å². The van der Waals surface area contributed by atoms with Gasteiger partial charge >= 0.3 is 0 Å². The van der Waals surface area contributed by atoms with Crippen molar-refractivity contribution in [2.45, 2.75) is 38.3 Å². The van der Waals surface area contributed by atoms with Gasteiger partial charge in [0.1, 0.15) is 0 Å². The number of ketones is 1. The first-order valence-electron chi connectivity index (χ1n) is 7.07. The second kappa shape index (κ2) is 5.21. The number of hydrogen-bond donors (Lipinski definition) is 1. The zero-order valence-corrected chi connectivity index (χ0v) is 11.6. The number of carbonyl (C=O) groups is 1. The van der Waals surface area contributed by atoms with Crippen LogP contribution in [0, 0.1) is 0 Å². The smallest absolute Gasteiger partial charge is 0.167 e. The van der Waals surface area contributed by atoms with Gasteiger partial charge in [0.25, 0.3) is 0 Å². The Morgan fingerprint density at radius 1 is 1.50 bits per heavy atom. The van der Waals surface area contributed by atoms with Gasteiger partial charge in [-0.1, -0.05) is 18.2 Å². The Kier molecular flexibility index (Phi) is 3.40. The van der Waals surface area contributed by atoms with Crippen molar-refractivity contribution in [1.29, 1.82) is 0 Å². The minimum Gasteiger partial charge on any atom is -0.327 e. The quantitative estimate of drug-likeness (QED) is 0.846. The van der Waals surface area contributed by atoms with Gasteiger partial charge in [-0.2, -0.15) is 5.10 Å². The zero-order valence-electron chi connectivity index (χ0n) is 11.6. The molecule has 4 heteroatoms. The minimum atomic E-state index is 0.136. The van der Waals surface area contributed by atoms with E-state index < -0.39 is 0 Å². The van der Waals surface area contributed by atoms with Gasteiger partial charge in [-0.15, -0.1) is 0 Å². The molecule has 2 atom stereocenters. The Hall–Kier alpha value is -1.94. The SMILES string of the molecule is CCn1cc(CC(=O)c2cccc(C3CC3N)c2)cn1. The van der Waals surface area contributed by atoms with Crippen LogP contribution in [0.2, 0.25) is 0 Å². The van der Waals surface area contributed by atoms with Crippen molar-refractivity contribution in [2.75, 3.05) is 0 Å². The highest BCUT2D eigenvalue weighted by Crippen LogP contribution is 2.39. The molecule has 1 aliphatic carbocycles. The van der Waals surface area contributed by atoms with Crippen LogP contribution in [-0.2, 0) is 13.0 Å². The molecule has 1 saturated carbocycles. The van der Waals surface area contributed by atoms with Crippen LogP contribution in [0.1, 0.15) is 40.7 Å². The number of carbonyl (C=O) groups excluding carboxylic acids is 1. The number of rotatable bonds is 5. The third-order valence-corrected chi connectivity index (χ3v) is 3.85. The normalized spacial score (nSPS) is 20.9. The van der Waals surface area contributed by atoms with Crippen molar-refractivity contribution in [1.82, 2.24) is 9.78 Å². The highest BCUT2D eigenvalue weighted by Gasteiger charge is 2.34. The summed E-state index contributed by atoms with van der Waals surface area (Å²) in [5.41, 5.74) is 8.79. The fourth-order valence-electron chi connectivity index (χ4n) is 2.50. The number of aryl methyl sites for hydroxylation is 1. The van der Waals surface area contributed by atoms with Crippen molar-refractivity contribution < 1.29 is 4.79 Å². The first-order chi connectivity index (χ1) is 9.67. The summed E-state index contributed by atoms with van der Waals surface area (Å²) in [6.45, 7) is 2.85. The predicted octanol–water partition coefficient (Wildman–Crippen LogP) is 2.14. The molecule has 0 saturated heterocycles. The van der Waals surface area contributed by atoms with Crippen LogP contribution in [0.4, 0.5) is 0 Å². The van der Waals surface area contributed by atoms with E-state index in [-0.39, 0.29) is 11.8 Å². The molecule has 2 aromatic rings. The van der Waals surface area contributed by atoms with E-state index in [1.165, 1.54) is 5.56 Å². The van der Waals surface area contributed by atoms with Crippen LogP contribution in [0.3, 0.4) is 0 Å². The topological polar surface area (TPSA) is 60.9 Å².